The highest BCUT2D eigenvalue weighted by Crippen LogP contribution is 2.25. The molecule has 0 saturated heterocycles. The minimum absolute atomic E-state index is 0.0130. The van der Waals surface area contributed by atoms with Gasteiger partial charge in [-0.15, -0.1) is 0 Å². The Morgan fingerprint density at radius 3 is 2.42 bits per heavy atom. The zero-order valence-electron chi connectivity index (χ0n) is 17.2. The number of aromatic nitrogens is 2. The lowest BCUT2D eigenvalue weighted by atomic mass is 10.0. The lowest BCUT2D eigenvalue weighted by molar-refractivity contribution is -0.384. The molecule has 0 bridgehead atoms. The number of benzene rings is 3. The third-order valence-corrected chi connectivity index (χ3v) is 4.89. The predicted molar refractivity (Wildman–Crippen MR) is 117 cm³/mol. The Hall–Kier alpha value is -4.00. The van der Waals surface area contributed by atoms with Gasteiger partial charge in [-0.3, -0.25) is 10.1 Å². The van der Waals surface area contributed by atoms with Crippen LogP contribution in [0.5, 0.6) is 5.75 Å². The van der Waals surface area contributed by atoms with Gasteiger partial charge in [0, 0.05) is 23.3 Å². The van der Waals surface area contributed by atoms with Gasteiger partial charge in [-0.05, 0) is 53.4 Å². The number of nitro groups is 1. The molecule has 7 nitrogen and oxygen atoms in total. The van der Waals surface area contributed by atoms with Crippen molar-refractivity contribution in [3.63, 3.8) is 0 Å². The summed E-state index contributed by atoms with van der Waals surface area (Å²) in [4.78, 5) is 14.8. The molecule has 0 unspecified atom stereocenters. The fourth-order valence-electron chi connectivity index (χ4n) is 3.10. The van der Waals surface area contributed by atoms with E-state index < -0.39 is 4.92 Å². The summed E-state index contributed by atoms with van der Waals surface area (Å²) in [6.07, 6.45) is 0. The van der Waals surface area contributed by atoms with Gasteiger partial charge in [-0.1, -0.05) is 43.3 Å². The van der Waals surface area contributed by atoms with Gasteiger partial charge in [-0.2, -0.15) is 4.98 Å². The first-order chi connectivity index (χ1) is 15.0. The Morgan fingerprint density at radius 1 is 1.00 bits per heavy atom. The van der Waals surface area contributed by atoms with Gasteiger partial charge in [-0.25, -0.2) is 0 Å². The number of nitrogens with zero attached hydrogens (tertiary/aromatic N) is 3. The Balaban J connectivity index is 1.46. The monoisotopic (exact) mass is 415 g/mol. The van der Waals surface area contributed by atoms with Crippen molar-refractivity contribution in [1.29, 1.82) is 0 Å². The van der Waals surface area contributed by atoms with Gasteiger partial charge in [0.15, 0.2) is 0 Å². The molecule has 0 aliphatic rings. The van der Waals surface area contributed by atoms with E-state index in [1.807, 2.05) is 36.4 Å². The molecule has 0 N–H and O–H groups in total. The lowest BCUT2D eigenvalue weighted by Gasteiger charge is -2.09. The van der Waals surface area contributed by atoms with Crippen molar-refractivity contribution in [2.75, 3.05) is 0 Å². The lowest BCUT2D eigenvalue weighted by Crippen LogP contribution is -1.96. The van der Waals surface area contributed by atoms with Gasteiger partial charge in [0.25, 0.3) is 11.6 Å². The highest BCUT2D eigenvalue weighted by atomic mass is 16.6. The number of non-ortho nitro benzene ring substituents is 1. The van der Waals surface area contributed by atoms with Gasteiger partial charge in [0.1, 0.15) is 12.4 Å². The fourth-order valence-corrected chi connectivity index (χ4v) is 3.10. The van der Waals surface area contributed by atoms with Crippen LogP contribution in [0.15, 0.2) is 77.3 Å². The number of hydrogen-bond acceptors (Lipinski definition) is 6. The number of ether oxygens (including phenoxy) is 1. The topological polar surface area (TPSA) is 91.3 Å². The summed E-state index contributed by atoms with van der Waals surface area (Å²) in [6.45, 7) is 4.73. The Morgan fingerprint density at radius 2 is 1.74 bits per heavy atom. The highest BCUT2D eigenvalue weighted by molar-refractivity contribution is 5.61. The van der Waals surface area contributed by atoms with Crippen molar-refractivity contribution in [2.24, 2.45) is 0 Å². The van der Waals surface area contributed by atoms with E-state index >= 15 is 0 Å². The molecule has 1 aromatic heterocycles. The molecule has 4 rings (SSSR count). The quantitative estimate of drug-likeness (QED) is 0.271. The van der Waals surface area contributed by atoms with E-state index in [2.05, 4.69) is 36.1 Å². The molecule has 156 valence electrons. The summed E-state index contributed by atoms with van der Waals surface area (Å²) in [7, 11) is 0. The van der Waals surface area contributed by atoms with Crippen LogP contribution < -0.4 is 4.74 Å². The maximum absolute atomic E-state index is 10.8. The largest absolute Gasteiger partial charge is 0.489 e. The van der Waals surface area contributed by atoms with E-state index in [1.54, 1.807) is 12.1 Å². The standard InChI is InChI=1S/C24H21N3O4/c1-16(2)18-8-12-22(13-9-18)30-15-17-4-3-5-20(14-17)24-25-23(26-31-24)19-6-10-21(11-7-19)27(28)29/h3-14,16H,15H2,1-2H3. The minimum Gasteiger partial charge on any atom is -0.489 e. The van der Waals surface area contributed by atoms with Crippen molar-refractivity contribution >= 4 is 5.69 Å². The first-order valence-corrected chi connectivity index (χ1v) is 9.90. The average Bonchev–Trinajstić information content (AvgIpc) is 3.29. The molecule has 3 aromatic carbocycles. The molecule has 0 amide bonds. The number of nitro benzene ring substituents is 1. The van der Waals surface area contributed by atoms with Crippen LogP contribution in [0.25, 0.3) is 22.8 Å². The second-order valence-electron chi connectivity index (χ2n) is 7.44. The van der Waals surface area contributed by atoms with E-state index in [0.29, 0.717) is 29.8 Å². The first kappa shape index (κ1) is 20.3. The summed E-state index contributed by atoms with van der Waals surface area (Å²) in [5.74, 6) is 2.04. The van der Waals surface area contributed by atoms with Crippen LogP contribution in [0.1, 0.15) is 30.9 Å². The summed E-state index contributed by atoms with van der Waals surface area (Å²) < 4.78 is 11.3. The van der Waals surface area contributed by atoms with Crippen molar-refractivity contribution in [2.45, 2.75) is 26.4 Å². The number of hydrogen-bond donors (Lipinski definition) is 0. The highest BCUT2D eigenvalue weighted by Gasteiger charge is 2.13. The van der Waals surface area contributed by atoms with Gasteiger partial charge in [0.05, 0.1) is 4.92 Å². The zero-order chi connectivity index (χ0) is 21.8. The fraction of sp³-hybridized carbons (Fsp3) is 0.167. The molecule has 4 aromatic rings. The Labute approximate surface area is 179 Å². The van der Waals surface area contributed by atoms with E-state index in [1.165, 1.54) is 17.7 Å². The van der Waals surface area contributed by atoms with Crippen molar-refractivity contribution < 1.29 is 14.2 Å². The molecule has 31 heavy (non-hydrogen) atoms. The van der Waals surface area contributed by atoms with E-state index in [9.17, 15) is 10.1 Å². The molecular formula is C24H21N3O4. The first-order valence-electron chi connectivity index (χ1n) is 9.90. The SMILES string of the molecule is CC(C)c1ccc(OCc2cccc(-c3nc(-c4ccc([N+](=O)[O-])cc4)no3)c2)cc1. The average molecular weight is 415 g/mol. The van der Waals surface area contributed by atoms with Crippen LogP contribution >= 0.6 is 0 Å². The summed E-state index contributed by atoms with van der Waals surface area (Å²) in [5, 5.41) is 14.8. The van der Waals surface area contributed by atoms with Crippen LogP contribution in [0.2, 0.25) is 0 Å². The van der Waals surface area contributed by atoms with Crippen LogP contribution in [-0.2, 0) is 6.61 Å². The van der Waals surface area contributed by atoms with Crippen molar-refractivity contribution in [3.05, 3.63) is 94.0 Å². The predicted octanol–water partition coefficient (Wildman–Crippen LogP) is 6.01. The number of rotatable bonds is 7. The molecule has 0 atom stereocenters. The molecule has 0 spiro atoms. The second-order valence-corrected chi connectivity index (χ2v) is 7.44. The molecule has 0 saturated carbocycles. The molecule has 7 heteroatoms. The molecule has 0 aliphatic carbocycles. The molecular weight excluding hydrogens is 394 g/mol. The van der Waals surface area contributed by atoms with Gasteiger partial charge >= 0.3 is 0 Å². The van der Waals surface area contributed by atoms with Crippen LogP contribution in [0, 0.1) is 10.1 Å². The molecule has 0 aliphatic heterocycles. The minimum atomic E-state index is -0.447. The molecule has 0 fully saturated rings. The smallest absolute Gasteiger partial charge is 0.269 e. The second kappa shape index (κ2) is 8.79. The molecule has 1 heterocycles. The molecule has 0 radical (unpaired) electrons. The van der Waals surface area contributed by atoms with Gasteiger partial charge in [0.2, 0.25) is 5.82 Å². The summed E-state index contributed by atoms with van der Waals surface area (Å²) >= 11 is 0. The van der Waals surface area contributed by atoms with Crippen molar-refractivity contribution in [1.82, 2.24) is 10.1 Å². The van der Waals surface area contributed by atoms with E-state index in [4.69, 9.17) is 9.26 Å². The summed E-state index contributed by atoms with van der Waals surface area (Å²) in [6, 6.07) is 21.8. The van der Waals surface area contributed by atoms with Crippen LogP contribution in [0.4, 0.5) is 5.69 Å². The van der Waals surface area contributed by atoms with Gasteiger partial charge < -0.3 is 9.26 Å². The third kappa shape index (κ3) is 4.78. The maximum Gasteiger partial charge on any atom is 0.269 e. The van der Waals surface area contributed by atoms with Crippen molar-refractivity contribution in [3.8, 4) is 28.6 Å². The Bertz CT molecular complexity index is 1180. The zero-order valence-corrected chi connectivity index (χ0v) is 17.2. The normalized spacial score (nSPS) is 10.9. The van der Waals surface area contributed by atoms with E-state index in [-0.39, 0.29) is 5.69 Å². The van der Waals surface area contributed by atoms with Crippen LogP contribution in [0.3, 0.4) is 0 Å². The Kier molecular flexibility index (Phi) is 5.75. The van der Waals surface area contributed by atoms with Crippen LogP contribution in [-0.4, -0.2) is 15.1 Å². The van der Waals surface area contributed by atoms with E-state index in [0.717, 1.165) is 16.9 Å². The maximum atomic E-state index is 10.8. The summed E-state index contributed by atoms with van der Waals surface area (Å²) in [5.41, 5.74) is 3.68. The third-order valence-electron chi connectivity index (χ3n) is 4.89.